The Morgan fingerprint density at radius 1 is 1.29 bits per heavy atom. The number of hydrogen-bond donors (Lipinski definition) is 2. The number of benzene rings is 1. The van der Waals surface area contributed by atoms with E-state index >= 15 is 0 Å². The van der Waals surface area contributed by atoms with Gasteiger partial charge in [-0.25, -0.2) is 0 Å². The number of aliphatic hydroxyl groups is 1. The summed E-state index contributed by atoms with van der Waals surface area (Å²) in [7, 11) is 1.68. The van der Waals surface area contributed by atoms with Crippen LogP contribution >= 0.6 is 0 Å². The van der Waals surface area contributed by atoms with Crippen molar-refractivity contribution >= 4 is 23.2 Å². The molecule has 1 aromatic heterocycles. The molecule has 0 aliphatic carbocycles. The first-order valence-electron chi connectivity index (χ1n) is 11.2. The number of likely N-dealkylation sites (N-methyl/N-ethyl adjacent to an activating group) is 1. The van der Waals surface area contributed by atoms with Gasteiger partial charge in [0.15, 0.2) is 5.69 Å². The van der Waals surface area contributed by atoms with Crippen molar-refractivity contribution in [3.63, 3.8) is 0 Å². The van der Waals surface area contributed by atoms with Crippen LogP contribution in [0, 0.1) is 0 Å². The summed E-state index contributed by atoms with van der Waals surface area (Å²) in [4.78, 5) is 27.8. The van der Waals surface area contributed by atoms with E-state index in [1.54, 1.807) is 7.05 Å². The number of aromatic nitrogens is 2. The maximum Gasteiger partial charge on any atom is 0.272 e. The molecule has 2 N–H and O–H groups in total. The Morgan fingerprint density at radius 3 is 2.61 bits per heavy atom. The first kappa shape index (κ1) is 21.8. The number of carbonyl (C=O) groups is 2. The van der Waals surface area contributed by atoms with E-state index in [4.69, 9.17) is 0 Å². The Bertz CT molecular complexity index is 928. The molecule has 168 valence electrons. The monoisotopic (exact) mass is 427 g/mol. The molecule has 8 heteroatoms. The second-order valence-electron chi connectivity index (χ2n) is 9.33. The van der Waals surface area contributed by atoms with Crippen molar-refractivity contribution in [3.8, 4) is 0 Å². The minimum absolute atomic E-state index is 0.110. The molecule has 2 fully saturated rings. The van der Waals surface area contributed by atoms with Crippen molar-refractivity contribution in [3.05, 3.63) is 30.0 Å². The third-order valence-corrected chi connectivity index (χ3v) is 6.64. The van der Waals surface area contributed by atoms with Gasteiger partial charge in [0.2, 0.25) is 6.41 Å². The smallest absolute Gasteiger partial charge is 0.272 e. The second-order valence-corrected chi connectivity index (χ2v) is 9.33. The van der Waals surface area contributed by atoms with Gasteiger partial charge in [-0.05, 0) is 45.6 Å². The first-order chi connectivity index (χ1) is 14.9. The van der Waals surface area contributed by atoms with Crippen LogP contribution in [-0.4, -0.2) is 81.4 Å². The van der Waals surface area contributed by atoms with Gasteiger partial charge in [0, 0.05) is 49.7 Å². The number of hydrogen-bond acceptors (Lipinski definition) is 5. The van der Waals surface area contributed by atoms with Gasteiger partial charge in [-0.2, -0.15) is 5.10 Å². The minimum Gasteiger partial charge on any atom is -0.390 e. The van der Waals surface area contributed by atoms with Crippen LogP contribution in [-0.2, 0) is 4.79 Å². The minimum atomic E-state index is -0.559. The van der Waals surface area contributed by atoms with E-state index in [1.165, 1.54) is 4.90 Å². The van der Waals surface area contributed by atoms with Crippen LogP contribution in [0.3, 0.4) is 0 Å². The van der Waals surface area contributed by atoms with Crippen LogP contribution in [0.15, 0.2) is 24.3 Å². The number of piperidine rings is 1. The Labute approximate surface area is 183 Å². The van der Waals surface area contributed by atoms with Crippen LogP contribution in [0.1, 0.15) is 56.1 Å². The molecule has 2 aliphatic heterocycles. The first-order valence-corrected chi connectivity index (χ1v) is 11.2. The highest BCUT2D eigenvalue weighted by atomic mass is 16.3. The molecule has 4 rings (SSSR count). The maximum absolute atomic E-state index is 13.1. The Hall–Kier alpha value is -2.45. The fourth-order valence-electron chi connectivity index (χ4n) is 5.27. The molecule has 1 aromatic carbocycles. The van der Waals surface area contributed by atoms with Gasteiger partial charge in [-0.15, -0.1) is 0 Å². The van der Waals surface area contributed by atoms with Crippen LogP contribution < -0.4 is 5.32 Å². The SMILES string of the molecule is CC(C)n1nc(C(=O)NC2C[C@@H]3CC[C@@H](C2)N3CC(O)CN(C)C=O)c2ccccc21. The summed E-state index contributed by atoms with van der Waals surface area (Å²) in [5, 5.41) is 19.1. The summed E-state index contributed by atoms with van der Waals surface area (Å²) in [6, 6.07) is 8.87. The van der Waals surface area contributed by atoms with Crippen LogP contribution in [0.25, 0.3) is 10.9 Å². The fraction of sp³-hybridized carbons (Fsp3) is 0.609. The van der Waals surface area contributed by atoms with E-state index in [0.717, 1.165) is 43.0 Å². The molecule has 0 radical (unpaired) electrons. The van der Waals surface area contributed by atoms with Gasteiger partial charge in [0.25, 0.3) is 5.91 Å². The van der Waals surface area contributed by atoms with Crippen molar-refractivity contribution in [2.75, 3.05) is 20.1 Å². The Kier molecular flexibility index (Phi) is 6.29. The van der Waals surface area contributed by atoms with Crippen LogP contribution in [0.4, 0.5) is 0 Å². The molecule has 2 amide bonds. The summed E-state index contributed by atoms with van der Waals surface area (Å²) in [6.07, 6.45) is 4.10. The highest BCUT2D eigenvalue weighted by Crippen LogP contribution is 2.36. The lowest BCUT2D eigenvalue weighted by molar-refractivity contribution is -0.118. The summed E-state index contributed by atoms with van der Waals surface area (Å²) in [5.74, 6) is -0.110. The van der Waals surface area contributed by atoms with Gasteiger partial charge < -0.3 is 15.3 Å². The zero-order valence-corrected chi connectivity index (χ0v) is 18.6. The molecule has 31 heavy (non-hydrogen) atoms. The lowest BCUT2D eigenvalue weighted by Crippen LogP contribution is -2.53. The molecule has 2 aromatic rings. The van der Waals surface area contributed by atoms with Crippen LogP contribution in [0.2, 0.25) is 0 Å². The number of carbonyl (C=O) groups excluding carboxylic acids is 2. The maximum atomic E-state index is 13.1. The van der Waals surface area contributed by atoms with E-state index < -0.39 is 6.10 Å². The molecular formula is C23H33N5O3. The molecule has 2 saturated heterocycles. The number of rotatable bonds is 8. The molecule has 0 spiro atoms. The average molecular weight is 428 g/mol. The molecule has 3 atom stereocenters. The van der Waals surface area contributed by atoms with E-state index in [2.05, 4.69) is 29.2 Å². The van der Waals surface area contributed by atoms with Gasteiger partial charge in [0.05, 0.1) is 11.6 Å². The zero-order valence-electron chi connectivity index (χ0n) is 18.6. The molecule has 8 nitrogen and oxygen atoms in total. The van der Waals surface area contributed by atoms with E-state index in [1.807, 2.05) is 28.9 Å². The summed E-state index contributed by atoms with van der Waals surface area (Å²) < 4.78 is 1.91. The molecule has 3 heterocycles. The van der Waals surface area contributed by atoms with E-state index in [9.17, 15) is 14.7 Å². The normalized spacial score (nSPS) is 24.5. The number of fused-ring (bicyclic) bond motifs is 3. The number of aliphatic hydroxyl groups excluding tert-OH is 1. The van der Waals surface area contributed by atoms with E-state index in [0.29, 0.717) is 30.9 Å². The van der Waals surface area contributed by atoms with Crippen LogP contribution in [0.5, 0.6) is 0 Å². The third kappa shape index (κ3) is 4.45. The zero-order chi connectivity index (χ0) is 22.1. The highest BCUT2D eigenvalue weighted by Gasteiger charge is 2.42. The number of amides is 2. The number of nitrogens with one attached hydrogen (secondary N) is 1. The molecular weight excluding hydrogens is 394 g/mol. The van der Waals surface area contributed by atoms with Gasteiger partial charge in [-0.1, -0.05) is 18.2 Å². The van der Waals surface area contributed by atoms with Crippen molar-refractivity contribution in [2.45, 2.75) is 69.8 Å². The molecule has 1 unspecified atom stereocenters. The summed E-state index contributed by atoms with van der Waals surface area (Å²) in [6.45, 7) is 5.04. The topological polar surface area (TPSA) is 90.7 Å². The number of para-hydroxylation sites is 1. The molecule has 2 bridgehead atoms. The van der Waals surface area contributed by atoms with Crippen molar-refractivity contribution in [1.29, 1.82) is 0 Å². The summed E-state index contributed by atoms with van der Waals surface area (Å²) >= 11 is 0. The third-order valence-electron chi connectivity index (χ3n) is 6.64. The van der Waals surface area contributed by atoms with Crippen molar-refractivity contribution < 1.29 is 14.7 Å². The number of nitrogens with zero attached hydrogens (tertiary/aromatic N) is 4. The second kappa shape index (κ2) is 8.96. The van der Waals surface area contributed by atoms with Crippen molar-refractivity contribution in [1.82, 2.24) is 24.9 Å². The van der Waals surface area contributed by atoms with Gasteiger partial charge >= 0.3 is 0 Å². The predicted molar refractivity (Wildman–Crippen MR) is 119 cm³/mol. The largest absolute Gasteiger partial charge is 0.390 e. The Morgan fingerprint density at radius 2 is 1.97 bits per heavy atom. The highest BCUT2D eigenvalue weighted by molar-refractivity contribution is 6.05. The van der Waals surface area contributed by atoms with Gasteiger partial charge in [0.1, 0.15) is 0 Å². The quantitative estimate of drug-likeness (QED) is 0.627. The summed E-state index contributed by atoms with van der Waals surface area (Å²) in [5.41, 5.74) is 1.47. The van der Waals surface area contributed by atoms with Gasteiger partial charge in [-0.3, -0.25) is 19.2 Å². The van der Waals surface area contributed by atoms with Crippen molar-refractivity contribution in [2.24, 2.45) is 0 Å². The van der Waals surface area contributed by atoms with E-state index in [-0.39, 0.29) is 18.0 Å². The molecule has 2 aliphatic rings. The lowest BCUT2D eigenvalue weighted by atomic mass is 9.96. The Balaban J connectivity index is 1.42. The fourth-order valence-corrected chi connectivity index (χ4v) is 5.27. The average Bonchev–Trinajstić information content (AvgIpc) is 3.22. The molecule has 0 saturated carbocycles. The standard InChI is InChI=1S/C23H33N5O3/c1-15(2)28-21-7-5-4-6-20(21)22(25-28)23(31)24-16-10-17-8-9-18(11-16)27(17)13-19(30)12-26(3)14-29/h4-7,14-19,30H,8-13H2,1-3H3,(H,24,31)/t17-,18-,19?/m0/s1. The predicted octanol–water partition coefficient (Wildman–Crippen LogP) is 1.79. The lowest BCUT2D eigenvalue weighted by Gasteiger charge is -2.40.